The van der Waals surface area contributed by atoms with E-state index in [9.17, 15) is 25.9 Å². The van der Waals surface area contributed by atoms with E-state index in [4.69, 9.17) is 10.2 Å². The Morgan fingerprint density at radius 2 is 1.31 bits per heavy atom. The van der Waals surface area contributed by atoms with Crippen LogP contribution in [-0.2, 0) is 20.2 Å². The van der Waals surface area contributed by atoms with Crippen LogP contribution in [0.3, 0.4) is 0 Å². The van der Waals surface area contributed by atoms with E-state index in [0.717, 1.165) is 0 Å². The van der Waals surface area contributed by atoms with Gasteiger partial charge in [-0.05, 0) is 0 Å². The number of hydrogen-bond donors (Lipinski definition) is 2. The van der Waals surface area contributed by atoms with Gasteiger partial charge in [0.2, 0.25) is 0 Å². The summed E-state index contributed by atoms with van der Waals surface area (Å²) in [4.78, 5) is 0. The van der Waals surface area contributed by atoms with E-state index in [1.54, 1.807) is 0 Å². The van der Waals surface area contributed by atoms with Crippen molar-refractivity contribution in [1.29, 1.82) is 0 Å². The van der Waals surface area contributed by atoms with E-state index in [-0.39, 0.29) is 23.1 Å². The van der Waals surface area contributed by atoms with Crippen LogP contribution >= 0.6 is 0 Å². The Bertz CT molecular complexity index is 320. The van der Waals surface area contributed by atoms with Gasteiger partial charge in [0, 0.05) is 0 Å². The maximum atomic E-state index is 9.99. The van der Waals surface area contributed by atoms with E-state index >= 15 is 0 Å². The molecule has 0 amide bonds. The third kappa shape index (κ3) is 2.98. The third-order valence-electron chi connectivity index (χ3n) is 0.981. The molecule has 0 radical (unpaired) electrons. The first-order chi connectivity index (χ1) is 5.06. The quantitative estimate of drug-likeness (QED) is 0.380. The van der Waals surface area contributed by atoms with E-state index < -0.39 is 31.1 Å². The van der Waals surface area contributed by atoms with Crippen molar-refractivity contribution in [3.63, 3.8) is 0 Å². The van der Waals surface area contributed by atoms with Crippen molar-refractivity contribution in [3.8, 4) is 0 Å². The second-order valence-corrected chi connectivity index (χ2v) is 5.20. The summed E-state index contributed by atoms with van der Waals surface area (Å²) in [5, 5.41) is 16.5. The minimum atomic E-state index is -5.82. The van der Waals surface area contributed by atoms with Gasteiger partial charge in [0.25, 0.3) is 4.27 Å². The maximum absolute atomic E-state index is 9.99. The number of hydrogen-bond acceptors (Lipinski definition) is 8. The minimum Gasteiger partial charge on any atom is -0.745 e. The molecule has 0 aromatic rings. The predicted octanol–water partition coefficient (Wildman–Crippen LogP) is -3.67. The number of aliphatic hydroxyl groups is 2. The fraction of sp³-hybridized carbons (Fsp3) is 1.00. The Morgan fingerprint density at radius 3 is 1.31 bits per heavy atom. The summed E-state index contributed by atoms with van der Waals surface area (Å²) in [6.07, 6.45) is 0. The van der Waals surface area contributed by atoms with E-state index in [1.807, 2.05) is 0 Å². The molecule has 0 rings (SSSR count). The van der Waals surface area contributed by atoms with Crippen LogP contribution in [-0.4, -0.2) is 70.1 Å². The van der Waals surface area contributed by atoms with Crippen molar-refractivity contribution in [3.05, 3.63) is 0 Å². The van der Waals surface area contributed by atoms with Gasteiger partial charge >= 0.3 is 23.1 Å². The van der Waals surface area contributed by atoms with Crippen LogP contribution in [0.5, 0.6) is 0 Å². The molecule has 0 aromatic heterocycles. The van der Waals surface area contributed by atoms with Crippen LogP contribution in [0.4, 0.5) is 0 Å². The number of aliphatic hydroxyl groups excluding tert-OH is 1. The van der Waals surface area contributed by atoms with Gasteiger partial charge in [0.15, 0.2) is 0 Å². The van der Waals surface area contributed by atoms with Crippen LogP contribution in [0.15, 0.2) is 0 Å². The summed E-state index contributed by atoms with van der Waals surface area (Å²) >= 11 is 0. The van der Waals surface area contributed by atoms with Gasteiger partial charge in [0.1, 0.15) is 20.2 Å². The molecule has 0 bridgehead atoms. The van der Waals surface area contributed by atoms with Crippen molar-refractivity contribution in [2.75, 3.05) is 6.61 Å². The molecule has 0 heterocycles. The molecular weight excluding hydrogens is 240 g/mol. The Labute approximate surface area is 90.2 Å². The van der Waals surface area contributed by atoms with Crippen molar-refractivity contribution in [2.24, 2.45) is 0 Å². The molecule has 0 unspecified atom stereocenters. The predicted molar refractivity (Wildman–Crippen MR) is 37.2 cm³/mol. The zero-order valence-electron chi connectivity index (χ0n) is 6.07. The van der Waals surface area contributed by atoms with E-state index in [0.29, 0.717) is 0 Å². The van der Waals surface area contributed by atoms with Crippen molar-refractivity contribution in [1.82, 2.24) is 0 Å². The monoisotopic (exact) mass is 244 g/mol. The van der Waals surface area contributed by atoms with Gasteiger partial charge in [-0.1, -0.05) is 0 Å². The van der Waals surface area contributed by atoms with E-state index in [2.05, 4.69) is 0 Å². The molecule has 8 nitrogen and oxygen atoms in total. The molecule has 0 saturated carbocycles. The minimum absolute atomic E-state index is 0. The van der Waals surface area contributed by atoms with Gasteiger partial charge in [-0.3, -0.25) is 0 Å². The summed E-state index contributed by atoms with van der Waals surface area (Å²) < 4.78 is 55.7. The zero-order chi connectivity index (χ0) is 10.2. The van der Waals surface area contributed by atoms with Gasteiger partial charge in [-0.15, -0.1) is 0 Å². The van der Waals surface area contributed by atoms with Gasteiger partial charge in [-0.25, -0.2) is 16.8 Å². The van der Waals surface area contributed by atoms with Crippen molar-refractivity contribution < 1.29 is 36.2 Å². The topological polar surface area (TPSA) is 155 Å². The van der Waals surface area contributed by atoms with Crippen LogP contribution in [0, 0.1) is 0 Å². The molecule has 0 spiro atoms. The molecule has 74 valence electrons. The molecule has 0 aromatic carbocycles. The van der Waals surface area contributed by atoms with Crippen molar-refractivity contribution in [2.45, 2.75) is 4.27 Å². The molecule has 0 aliphatic rings. The van der Waals surface area contributed by atoms with Crippen LogP contribution in [0.25, 0.3) is 0 Å². The molecule has 0 aliphatic heterocycles. The Kier molecular flexibility index (Phi) is 5.34. The summed E-state index contributed by atoms with van der Waals surface area (Å²) in [6, 6.07) is 0. The Morgan fingerprint density at radius 1 is 1.08 bits per heavy atom. The summed E-state index contributed by atoms with van der Waals surface area (Å²) in [7, 11) is -11.6. The van der Waals surface area contributed by atoms with Gasteiger partial charge < -0.3 is 19.3 Å². The fourth-order valence-corrected chi connectivity index (χ4v) is 1.60. The molecule has 0 saturated heterocycles. The number of rotatable bonds is 3. The fourth-order valence-electron chi connectivity index (χ4n) is 0.283. The summed E-state index contributed by atoms with van der Waals surface area (Å²) in [6.45, 7) is -2.00. The van der Waals surface area contributed by atoms with E-state index in [1.165, 1.54) is 0 Å². The first-order valence-electron chi connectivity index (χ1n) is 2.30. The largest absolute Gasteiger partial charge is 2.00 e. The molecule has 11 heteroatoms. The molecule has 0 atom stereocenters. The second kappa shape index (κ2) is 4.35. The molecule has 0 aliphatic carbocycles. The molecule has 0 fully saturated rings. The zero-order valence-corrected chi connectivity index (χ0v) is 9.12. The standard InChI is InChI=1S/C2H6O8S2.Mg/c3-1-2(4,11(5,6)7)12(8,9)10;/h3-4H,1H2,(H,5,6,7)(H,8,9,10);/q;+2/p-2. The van der Waals surface area contributed by atoms with Gasteiger partial charge in [-0.2, -0.15) is 0 Å². The summed E-state index contributed by atoms with van der Waals surface area (Å²) in [5.74, 6) is 0. The van der Waals surface area contributed by atoms with Crippen LogP contribution < -0.4 is 0 Å². The maximum Gasteiger partial charge on any atom is 2.00 e. The second-order valence-electron chi connectivity index (χ2n) is 1.78. The van der Waals surface area contributed by atoms with Crippen molar-refractivity contribution >= 4 is 43.3 Å². The van der Waals surface area contributed by atoms with Crippen LogP contribution in [0.1, 0.15) is 0 Å². The average Bonchev–Trinajstić information content (AvgIpc) is 1.81. The Balaban J connectivity index is 0. The van der Waals surface area contributed by atoms with Gasteiger partial charge in [0.05, 0.1) is 6.61 Å². The average molecular weight is 244 g/mol. The Hall–Kier alpha value is 0.506. The first kappa shape index (κ1) is 16.0. The smallest absolute Gasteiger partial charge is 0.745 e. The SMILES string of the molecule is O=S(=O)([O-])C(O)(CO)S(=O)(=O)[O-].[Mg+2]. The molecular formula is C2H4MgO8S2. The summed E-state index contributed by atoms with van der Waals surface area (Å²) in [5.41, 5.74) is 0. The first-order valence-corrected chi connectivity index (χ1v) is 5.12. The third-order valence-corrected chi connectivity index (χ3v) is 4.03. The normalized spacial score (nSPS) is 13.5. The molecule has 13 heavy (non-hydrogen) atoms. The van der Waals surface area contributed by atoms with Crippen LogP contribution in [0.2, 0.25) is 0 Å². The molecule has 2 N–H and O–H groups in total.